The number of ether oxygens (including phenoxy) is 2. The van der Waals surface area contributed by atoms with Gasteiger partial charge in [-0.15, -0.1) is 0 Å². The molecular weight excluding hydrogens is 476 g/mol. The first-order chi connectivity index (χ1) is 17.1. The van der Waals surface area contributed by atoms with Gasteiger partial charge in [-0.25, -0.2) is 15.0 Å². The molecule has 186 valence electrons. The van der Waals surface area contributed by atoms with Gasteiger partial charge in [0.15, 0.2) is 5.79 Å². The Balaban J connectivity index is 1.24. The van der Waals surface area contributed by atoms with Gasteiger partial charge < -0.3 is 25.5 Å². The van der Waals surface area contributed by atoms with E-state index in [-0.39, 0.29) is 22.7 Å². The van der Waals surface area contributed by atoms with Gasteiger partial charge >= 0.3 is 0 Å². The number of anilines is 2. The minimum Gasteiger partial charge on any atom is -0.383 e. The number of aryl methyl sites for hydroxylation is 1. The standard InChI is InChI=1S/C27H29ClN6O2/c1-24(2)35-26-13-27(26,36-24)25(3,12-20(26)34-9-7-17-21(29)31-14-32-23(17)34)8-6-15-4-5-16-11-18(28)22(30)33-19(16)10-15/h4-5,7,9-11,14,20H,6,8,12-13H2,1-3H3,(H2,30,33)(H2,29,31,32)/t20-,25+,26-,27-/m1/s1. The van der Waals surface area contributed by atoms with Crippen LogP contribution >= 0.6 is 11.6 Å². The number of halogens is 1. The SMILES string of the molecule is CC1(C)O[C@@]23C[C@@]2(O1)[C@H](n1ccc2c(N)ncnc21)C[C@]3(C)CCc1ccc2cc(Cl)c(N)nc2c1. The number of nitrogens with two attached hydrogens (primary N) is 2. The highest BCUT2D eigenvalue weighted by atomic mass is 35.5. The molecule has 7 rings (SSSR count). The normalized spacial score (nSPS) is 32.2. The summed E-state index contributed by atoms with van der Waals surface area (Å²) in [6.07, 6.45) is 7.25. The fraction of sp³-hybridized carbons (Fsp3) is 0.444. The molecule has 3 fully saturated rings. The largest absolute Gasteiger partial charge is 0.383 e. The molecule has 8 nitrogen and oxygen atoms in total. The minimum atomic E-state index is -0.640. The van der Waals surface area contributed by atoms with Crippen molar-refractivity contribution in [3.63, 3.8) is 0 Å². The molecule has 2 aliphatic carbocycles. The molecule has 1 aromatic carbocycles. The van der Waals surface area contributed by atoms with Gasteiger partial charge in [0.1, 0.15) is 34.8 Å². The lowest BCUT2D eigenvalue weighted by Gasteiger charge is -2.38. The summed E-state index contributed by atoms with van der Waals surface area (Å²) in [6, 6.07) is 10.3. The minimum absolute atomic E-state index is 0.0938. The second-order valence-corrected chi connectivity index (χ2v) is 11.8. The van der Waals surface area contributed by atoms with Crippen LogP contribution in [0.25, 0.3) is 21.9 Å². The molecule has 0 radical (unpaired) electrons. The molecule has 4 atom stereocenters. The first kappa shape index (κ1) is 22.3. The molecule has 1 aliphatic heterocycles. The summed E-state index contributed by atoms with van der Waals surface area (Å²) >= 11 is 6.16. The predicted octanol–water partition coefficient (Wildman–Crippen LogP) is 5.05. The predicted molar refractivity (Wildman–Crippen MR) is 140 cm³/mol. The van der Waals surface area contributed by atoms with E-state index >= 15 is 0 Å². The van der Waals surface area contributed by atoms with E-state index in [1.165, 1.54) is 11.9 Å². The van der Waals surface area contributed by atoms with Crippen LogP contribution in [0.15, 0.2) is 42.9 Å². The smallest absolute Gasteiger partial charge is 0.164 e. The van der Waals surface area contributed by atoms with Gasteiger partial charge in [0.05, 0.1) is 22.0 Å². The van der Waals surface area contributed by atoms with Crippen LogP contribution < -0.4 is 11.5 Å². The molecule has 2 saturated carbocycles. The van der Waals surface area contributed by atoms with Crippen molar-refractivity contribution in [2.45, 2.75) is 69.5 Å². The number of benzene rings is 1. The molecule has 9 heteroatoms. The third kappa shape index (κ3) is 2.80. The average Bonchev–Trinajstić information content (AvgIpc) is 3.07. The first-order valence-electron chi connectivity index (χ1n) is 12.4. The lowest BCUT2D eigenvalue weighted by atomic mass is 9.76. The lowest BCUT2D eigenvalue weighted by Crippen LogP contribution is -2.39. The molecular formula is C27H29ClN6O2. The van der Waals surface area contributed by atoms with Crippen molar-refractivity contribution >= 4 is 45.2 Å². The van der Waals surface area contributed by atoms with Crippen LogP contribution in [-0.4, -0.2) is 36.5 Å². The maximum atomic E-state index is 6.76. The molecule has 1 saturated heterocycles. The van der Waals surface area contributed by atoms with E-state index in [1.54, 1.807) is 0 Å². The Hall–Kier alpha value is -2.94. The van der Waals surface area contributed by atoms with Crippen molar-refractivity contribution < 1.29 is 9.47 Å². The van der Waals surface area contributed by atoms with Crippen molar-refractivity contribution in [2.24, 2.45) is 5.41 Å². The van der Waals surface area contributed by atoms with Crippen LogP contribution in [0, 0.1) is 5.41 Å². The van der Waals surface area contributed by atoms with Crippen LogP contribution in [0.2, 0.25) is 5.02 Å². The number of hydrogen-bond donors (Lipinski definition) is 2. The average molecular weight is 505 g/mol. The Labute approximate surface area is 214 Å². The molecule has 0 amide bonds. The Kier molecular flexibility index (Phi) is 4.26. The lowest BCUT2D eigenvalue weighted by molar-refractivity contribution is -0.221. The quantitative estimate of drug-likeness (QED) is 0.400. The number of hydrogen-bond acceptors (Lipinski definition) is 7. The van der Waals surface area contributed by atoms with E-state index in [4.69, 9.17) is 32.5 Å². The molecule has 0 bridgehead atoms. The van der Waals surface area contributed by atoms with Gasteiger partial charge in [0, 0.05) is 23.4 Å². The Morgan fingerprint density at radius 3 is 2.75 bits per heavy atom. The zero-order valence-corrected chi connectivity index (χ0v) is 21.3. The van der Waals surface area contributed by atoms with E-state index in [0.717, 1.165) is 47.6 Å². The maximum absolute atomic E-state index is 6.76. The van der Waals surface area contributed by atoms with Crippen molar-refractivity contribution in [1.29, 1.82) is 0 Å². The fourth-order valence-corrected chi connectivity index (χ4v) is 7.31. The summed E-state index contributed by atoms with van der Waals surface area (Å²) in [5, 5.41) is 2.34. The van der Waals surface area contributed by atoms with Gasteiger partial charge in [-0.05, 0) is 56.9 Å². The van der Waals surface area contributed by atoms with Crippen LogP contribution in [0.1, 0.15) is 51.6 Å². The first-order valence-corrected chi connectivity index (χ1v) is 12.8. The zero-order valence-electron chi connectivity index (χ0n) is 20.6. The van der Waals surface area contributed by atoms with E-state index in [2.05, 4.69) is 50.8 Å². The number of nitrogen functional groups attached to an aromatic ring is 2. The van der Waals surface area contributed by atoms with Crippen molar-refractivity contribution in [1.82, 2.24) is 19.5 Å². The summed E-state index contributed by atoms with van der Waals surface area (Å²) in [4.78, 5) is 13.2. The van der Waals surface area contributed by atoms with Crippen LogP contribution in [0.3, 0.4) is 0 Å². The van der Waals surface area contributed by atoms with E-state index in [1.807, 2.05) is 26.0 Å². The van der Waals surface area contributed by atoms with Crippen molar-refractivity contribution in [3.05, 3.63) is 53.4 Å². The molecule has 3 aromatic heterocycles. The Morgan fingerprint density at radius 1 is 1.08 bits per heavy atom. The van der Waals surface area contributed by atoms with Crippen molar-refractivity contribution in [3.8, 4) is 0 Å². The molecule has 4 N–H and O–H groups in total. The number of nitrogens with zero attached hydrogens (tertiary/aromatic N) is 4. The van der Waals surface area contributed by atoms with E-state index < -0.39 is 5.79 Å². The Bertz CT molecular complexity index is 1570. The Morgan fingerprint density at radius 2 is 1.92 bits per heavy atom. The highest BCUT2D eigenvalue weighted by Gasteiger charge is 2.90. The van der Waals surface area contributed by atoms with Gasteiger partial charge in [-0.3, -0.25) is 0 Å². The van der Waals surface area contributed by atoms with Gasteiger partial charge in [0.2, 0.25) is 0 Å². The number of fused-ring (bicyclic) bond motifs is 2. The van der Waals surface area contributed by atoms with Crippen LogP contribution in [0.4, 0.5) is 11.6 Å². The van der Waals surface area contributed by atoms with Crippen LogP contribution in [0.5, 0.6) is 0 Å². The molecule has 36 heavy (non-hydrogen) atoms. The molecule has 3 aliphatic rings. The van der Waals surface area contributed by atoms with Gasteiger partial charge in [0.25, 0.3) is 0 Å². The highest BCUT2D eigenvalue weighted by molar-refractivity contribution is 6.33. The topological polar surface area (TPSA) is 114 Å². The third-order valence-corrected chi connectivity index (χ3v) is 9.08. The number of pyridine rings is 1. The fourth-order valence-electron chi connectivity index (χ4n) is 7.15. The van der Waals surface area contributed by atoms with Crippen LogP contribution in [-0.2, 0) is 15.9 Å². The number of rotatable bonds is 4. The third-order valence-electron chi connectivity index (χ3n) is 8.78. The zero-order chi connectivity index (χ0) is 25.1. The van der Waals surface area contributed by atoms with Gasteiger partial charge in [-0.1, -0.05) is 30.7 Å². The highest BCUT2D eigenvalue weighted by Crippen LogP contribution is 2.81. The van der Waals surface area contributed by atoms with Gasteiger partial charge in [-0.2, -0.15) is 0 Å². The molecule has 4 aromatic rings. The summed E-state index contributed by atoms with van der Waals surface area (Å²) in [7, 11) is 0. The number of aromatic nitrogens is 4. The molecule has 4 heterocycles. The maximum Gasteiger partial charge on any atom is 0.164 e. The monoisotopic (exact) mass is 504 g/mol. The summed E-state index contributed by atoms with van der Waals surface area (Å²) < 4.78 is 15.7. The summed E-state index contributed by atoms with van der Waals surface area (Å²) in [5.41, 5.74) is 14.2. The van der Waals surface area contributed by atoms with Crippen molar-refractivity contribution in [2.75, 3.05) is 11.5 Å². The summed E-state index contributed by atoms with van der Waals surface area (Å²) in [5.74, 6) is 0.212. The van der Waals surface area contributed by atoms with E-state index in [0.29, 0.717) is 16.7 Å². The second-order valence-electron chi connectivity index (χ2n) is 11.4. The second kappa shape index (κ2) is 6.88. The summed E-state index contributed by atoms with van der Waals surface area (Å²) in [6.45, 7) is 6.39. The molecule has 0 spiro atoms. The molecule has 0 unspecified atom stereocenters. The van der Waals surface area contributed by atoms with E-state index in [9.17, 15) is 0 Å².